The summed E-state index contributed by atoms with van der Waals surface area (Å²) in [6, 6.07) is 25.9. The molecule has 0 spiro atoms. The number of nitrogens with one attached hydrogen (secondary N) is 1. The molecule has 0 saturated heterocycles. The summed E-state index contributed by atoms with van der Waals surface area (Å²) >= 11 is 0. The minimum Gasteiger partial charge on any atom is -0.316 e. The van der Waals surface area contributed by atoms with Crippen LogP contribution < -0.4 is 10.2 Å². The zero-order chi connectivity index (χ0) is 26.4. The molecule has 3 amide bonds. The van der Waals surface area contributed by atoms with E-state index in [0.29, 0.717) is 0 Å². The van der Waals surface area contributed by atoms with Crippen molar-refractivity contribution in [1.29, 1.82) is 0 Å². The molecule has 38 heavy (non-hydrogen) atoms. The van der Waals surface area contributed by atoms with E-state index in [4.69, 9.17) is 0 Å². The Morgan fingerprint density at radius 1 is 0.868 bits per heavy atom. The Hall–Kier alpha value is -4.32. The molecule has 1 aromatic heterocycles. The van der Waals surface area contributed by atoms with Crippen molar-refractivity contribution in [3.63, 3.8) is 0 Å². The number of fused-ring (bicyclic) bond motifs is 3. The van der Waals surface area contributed by atoms with Gasteiger partial charge in [0.05, 0.1) is 17.1 Å². The molecule has 2 aliphatic rings. The molecule has 6 rings (SSSR count). The van der Waals surface area contributed by atoms with Gasteiger partial charge in [-0.25, -0.2) is 4.79 Å². The van der Waals surface area contributed by atoms with Crippen molar-refractivity contribution in [2.45, 2.75) is 45.7 Å². The Labute approximate surface area is 223 Å². The molecule has 3 aromatic carbocycles. The van der Waals surface area contributed by atoms with Gasteiger partial charge in [0.25, 0.3) is 0 Å². The Kier molecular flexibility index (Phi) is 6.03. The van der Waals surface area contributed by atoms with Crippen molar-refractivity contribution in [3.05, 3.63) is 113 Å². The molecule has 1 unspecified atom stereocenters. The molecule has 1 aliphatic carbocycles. The first-order valence-electron chi connectivity index (χ1n) is 13.2. The van der Waals surface area contributed by atoms with Crippen LogP contribution in [0.15, 0.2) is 85.1 Å². The first-order chi connectivity index (χ1) is 18.4. The topological polar surface area (TPSA) is 57.6 Å². The fraction of sp³-hybridized carbons (Fsp3) is 0.250. The summed E-state index contributed by atoms with van der Waals surface area (Å²) in [4.78, 5) is 31.3. The smallest absolute Gasteiger partial charge is 0.316 e. The van der Waals surface area contributed by atoms with Crippen LogP contribution in [0.3, 0.4) is 0 Å². The third-order valence-electron chi connectivity index (χ3n) is 7.69. The molecule has 1 N–H and O–H groups in total. The van der Waals surface area contributed by atoms with Crippen LogP contribution >= 0.6 is 0 Å². The van der Waals surface area contributed by atoms with Gasteiger partial charge in [0, 0.05) is 17.9 Å². The van der Waals surface area contributed by atoms with Crippen LogP contribution in [0.25, 0.3) is 5.69 Å². The number of hydrogen-bond acceptors (Lipinski definition) is 2. The van der Waals surface area contributed by atoms with Gasteiger partial charge in [0.2, 0.25) is 5.91 Å². The monoisotopic (exact) mass is 504 g/mol. The summed E-state index contributed by atoms with van der Waals surface area (Å²) in [6.07, 6.45) is 3.87. The largest absolute Gasteiger partial charge is 0.322 e. The molecule has 4 aromatic rings. The lowest BCUT2D eigenvalue weighted by atomic mass is 9.97. The van der Waals surface area contributed by atoms with Gasteiger partial charge >= 0.3 is 6.03 Å². The second-order valence-corrected chi connectivity index (χ2v) is 10.5. The van der Waals surface area contributed by atoms with Gasteiger partial charge in [-0.15, -0.1) is 0 Å². The number of anilines is 2. The minimum atomic E-state index is -0.295. The van der Waals surface area contributed by atoms with Crippen molar-refractivity contribution in [2.75, 3.05) is 16.8 Å². The summed E-state index contributed by atoms with van der Waals surface area (Å²) in [5.74, 6) is -0.0994. The number of carbonyl (C=O) groups is 2. The number of nitrogens with zero attached hydrogens (tertiary/aromatic N) is 3. The van der Waals surface area contributed by atoms with Crippen LogP contribution in [-0.4, -0.2) is 34.0 Å². The SMILES string of the molecule is Cc1ccc(C2c3cccn3-c3ccccc3N2C(=O)CN(C(=O)Nc2ccc(C)c(C)c2)C2CC2)cc1. The van der Waals surface area contributed by atoms with Crippen molar-refractivity contribution in [2.24, 2.45) is 0 Å². The quantitative estimate of drug-likeness (QED) is 0.336. The lowest BCUT2D eigenvalue weighted by Crippen LogP contribution is -2.48. The van der Waals surface area contributed by atoms with Crippen molar-refractivity contribution in [3.8, 4) is 5.69 Å². The zero-order valence-electron chi connectivity index (χ0n) is 22.0. The molecule has 0 radical (unpaired) electrons. The summed E-state index contributed by atoms with van der Waals surface area (Å²) in [5.41, 5.74) is 8.07. The molecule has 2 heterocycles. The number of carbonyl (C=O) groups excluding carboxylic acids is 2. The maximum absolute atomic E-state index is 14.2. The number of benzene rings is 3. The first kappa shape index (κ1) is 24.0. The fourth-order valence-corrected chi connectivity index (χ4v) is 5.32. The third kappa shape index (κ3) is 4.36. The highest BCUT2D eigenvalue weighted by molar-refractivity contribution is 6.01. The fourth-order valence-electron chi connectivity index (χ4n) is 5.32. The minimum absolute atomic E-state index is 0.0126. The number of urea groups is 1. The Morgan fingerprint density at radius 3 is 2.32 bits per heavy atom. The molecule has 6 heteroatoms. The van der Waals surface area contributed by atoms with E-state index >= 15 is 0 Å². The van der Waals surface area contributed by atoms with Crippen LogP contribution in [-0.2, 0) is 4.79 Å². The highest BCUT2D eigenvalue weighted by Crippen LogP contribution is 2.42. The van der Waals surface area contributed by atoms with Crippen LogP contribution in [0.2, 0.25) is 0 Å². The Balaban J connectivity index is 1.35. The van der Waals surface area contributed by atoms with Crippen LogP contribution in [0.4, 0.5) is 16.2 Å². The number of hydrogen-bond donors (Lipinski definition) is 1. The Morgan fingerprint density at radius 2 is 1.61 bits per heavy atom. The van der Waals surface area contributed by atoms with E-state index in [2.05, 4.69) is 47.1 Å². The zero-order valence-corrected chi connectivity index (χ0v) is 22.0. The normalized spacial score (nSPS) is 16.0. The average Bonchev–Trinajstić information content (AvgIpc) is 3.64. The second-order valence-electron chi connectivity index (χ2n) is 10.5. The summed E-state index contributed by atoms with van der Waals surface area (Å²) in [6.45, 7) is 6.15. The van der Waals surface area contributed by atoms with E-state index in [1.54, 1.807) is 4.90 Å². The lowest BCUT2D eigenvalue weighted by molar-refractivity contribution is -0.119. The standard InChI is InChI=1S/C32H32N4O2/c1-21-10-13-24(14-11-21)31-29-9-6-18-34(29)27-7-4-5-8-28(27)36(31)30(37)20-35(26-16-17-26)32(38)33-25-15-12-22(2)23(3)19-25/h4-15,18-19,26,31H,16-17,20H2,1-3H3,(H,33,38). The van der Waals surface area contributed by atoms with Gasteiger partial charge in [-0.1, -0.05) is 48.0 Å². The molecular weight excluding hydrogens is 472 g/mol. The number of amides is 3. The van der Waals surface area contributed by atoms with E-state index in [1.165, 1.54) is 11.1 Å². The van der Waals surface area contributed by atoms with E-state index in [0.717, 1.165) is 46.7 Å². The first-order valence-corrected chi connectivity index (χ1v) is 13.2. The van der Waals surface area contributed by atoms with Crippen LogP contribution in [0, 0.1) is 20.8 Å². The molecule has 1 atom stereocenters. The van der Waals surface area contributed by atoms with Gasteiger partial charge in [-0.05, 0) is 86.7 Å². The van der Waals surface area contributed by atoms with Crippen molar-refractivity contribution < 1.29 is 9.59 Å². The van der Waals surface area contributed by atoms with Gasteiger partial charge in [-0.3, -0.25) is 9.69 Å². The van der Waals surface area contributed by atoms with Crippen LogP contribution in [0.1, 0.15) is 46.8 Å². The number of aryl methyl sites for hydroxylation is 3. The Bertz CT molecular complexity index is 1520. The van der Waals surface area contributed by atoms with E-state index in [9.17, 15) is 9.59 Å². The van der Waals surface area contributed by atoms with E-state index in [-0.39, 0.29) is 30.6 Å². The van der Waals surface area contributed by atoms with Crippen molar-refractivity contribution in [1.82, 2.24) is 9.47 Å². The predicted molar refractivity (Wildman–Crippen MR) is 151 cm³/mol. The van der Waals surface area contributed by atoms with Crippen molar-refractivity contribution >= 4 is 23.3 Å². The summed E-state index contributed by atoms with van der Waals surface area (Å²) in [7, 11) is 0. The molecule has 1 saturated carbocycles. The van der Waals surface area contributed by atoms with Gasteiger partial charge in [-0.2, -0.15) is 0 Å². The molecule has 6 nitrogen and oxygen atoms in total. The number of aromatic nitrogens is 1. The highest BCUT2D eigenvalue weighted by Gasteiger charge is 2.40. The second kappa shape index (κ2) is 9.53. The van der Waals surface area contributed by atoms with E-state index in [1.807, 2.05) is 73.5 Å². The summed E-state index contributed by atoms with van der Waals surface area (Å²) < 4.78 is 2.16. The van der Waals surface area contributed by atoms with Gasteiger partial charge in [0.1, 0.15) is 12.6 Å². The number of para-hydroxylation sites is 2. The average molecular weight is 505 g/mol. The number of rotatable bonds is 5. The van der Waals surface area contributed by atoms with E-state index < -0.39 is 0 Å². The molecular formula is C32H32N4O2. The highest BCUT2D eigenvalue weighted by atomic mass is 16.2. The summed E-state index contributed by atoms with van der Waals surface area (Å²) in [5, 5.41) is 3.03. The molecule has 1 fully saturated rings. The predicted octanol–water partition coefficient (Wildman–Crippen LogP) is 6.54. The molecule has 192 valence electrons. The molecule has 1 aliphatic heterocycles. The van der Waals surface area contributed by atoms with Crippen LogP contribution in [0.5, 0.6) is 0 Å². The third-order valence-corrected chi connectivity index (χ3v) is 7.69. The van der Waals surface area contributed by atoms with Gasteiger partial charge in [0.15, 0.2) is 0 Å². The maximum Gasteiger partial charge on any atom is 0.322 e. The van der Waals surface area contributed by atoms with Gasteiger partial charge < -0.3 is 14.8 Å². The lowest BCUT2D eigenvalue weighted by Gasteiger charge is -2.39. The maximum atomic E-state index is 14.2. The molecule has 0 bridgehead atoms.